The summed E-state index contributed by atoms with van der Waals surface area (Å²) in [6, 6.07) is 0. The van der Waals surface area contributed by atoms with Crippen LogP contribution in [0.25, 0.3) is 0 Å². The SMILES string of the molecule is CC(C)(C)CCNCCSC(F)(F)F. The van der Waals surface area contributed by atoms with E-state index in [4.69, 9.17) is 0 Å². The third kappa shape index (κ3) is 12.1. The van der Waals surface area contributed by atoms with Crippen LogP contribution >= 0.6 is 11.8 Å². The molecule has 0 aromatic carbocycles. The number of rotatable bonds is 5. The van der Waals surface area contributed by atoms with Crippen LogP contribution in [0.5, 0.6) is 0 Å². The Kier molecular flexibility index (Phi) is 5.90. The van der Waals surface area contributed by atoms with E-state index in [0.717, 1.165) is 13.0 Å². The molecule has 0 radical (unpaired) electrons. The molecule has 0 unspecified atom stereocenters. The molecule has 0 bridgehead atoms. The van der Waals surface area contributed by atoms with Gasteiger partial charge in [0.05, 0.1) is 0 Å². The zero-order valence-electron chi connectivity index (χ0n) is 8.87. The van der Waals surface area contributed by atoms with Crippen LogP contribution in [0.3, 0.4) is 0 Å². The summed E-state index contributed by atoms with van der Waals surface area (Å²) in [4.78, 5) is 0. The van der Waals surface area contributed by atoms with E-state index in [2.05, 4.69) is 26.1 Å². The number of hydrogen-bond donors (Lipinski definition) is 1. The van der Waals surface area contributed by atoms with Crippen molar-refractivity contribution < 1.29 is 13.2 Å². The standard InChI is InChI=1S/C9H18F3NS/c1-8(2,3)4-5-13-6-7-14-9(10,11)12/h13H,4-7H2,1-3H3. The quantitative estimate of drug-likeness (QED) is 0.726. The van der Waals surface area contributed by atoms with Crippen LogP contribution in [-0.4, -0.2) is 24.4 Å². The molecule has 0 aromatic heterocycles. The monoisotopic (exact) mass is 229 g/mol. The van der Waals surface area contributed by atoms with Crippen molar-refractivity contribution in [2.24, 2.45) is 5.41 Å². The van der Waals surface area contributed by atoms with E-state index in [9.17, 15) is 13.2 Å². The van der Waals surface area contributed by atoms with E-state index < -0.39 is 5.51 Å². The summed E-state index contributed by atoms with van der Waals surface area (Å²) in [5.41, 5.74) is -3.85. The lowest BCUT2D eigenvalue weighted by Gasteiger charge is -2.18. The molecule has 14 heavy (non-hydrogen) atoms. The Balaban J connectivity index is 3.23. The van der Waals surface area contributed by atoms with E-state index in [1.807, 2.05) is 0 Å². The Morgan fingerprint density at radius 3 is 2.07 bits per heavy atom. The lowest BCUT2D eigenvalue weighted by atomic mass is 9.92. The molecule has 1 N–H and O–H groups in total. The first-order valence-electron chi connectivity index (χ1n) is 4.62. The Morgan fingerprint density at radius 2 is 1.64 bits per heavy atom. The van der Waals surface area contributed by atoms with Gasteiger partial charge >= 0.3 is 5.51 Å². The second-order valence-electron chi connectivity index (χ2n) is 4.35. The number of alkyl halides is 3. The van der Waals surface area contributed by atoms with Crippen LogP contribution in [0.4, 0.5) is 13.2 Å². The van der Waals surface area contributed by atoms with E-state index >= 15 is 0 Å². The summed E-state index contributed by atoms with van der Waals surface area (Å²) in [5.74, 6) is 0.0909. The van der Waals surface area contributed by atoms with Gasteiger partial charge in [0.2, 0.25) is 0 Å². The summed E-state index contributed by atoms with van der Waals surface area (Å²) in [7, 11) is 0. The Morgan fingerprint density at radius 1 is 1.07 bits per heavy atom. The summed E-state index contributed by atoms with van der Waals surface area (Å²) in [5, 5.41) is 2.99. The summed E-state index contributed by atoms with van der Waals surface area (Å²) in [6.07, 6.45) is 0.976. The molecule has 0 saturated carbocycles. The Bertz CT molecular complexity index is 133. The highest BCUT2D eigenvalue weighted by molar-refractivity contribution is 8.00. The van der Waals surface area contributed by atoms with Gasteiger partial charge in [-0.25, -0.2) is 0 Å². The fourth-order valence-corrected chi connectivity index (χ4v) is 1.31. The molecule has 0 atom stereocenters. The fraction of sp³-hybridized carbons (Fsp3) is 1.00. The van der Waals surface area contributed by atoms with Gasteiger partial charge < -0.3 is 5.32 Å². The van der Waals surface area contributed by atoms with Crippen LogP contribution in [-0.2, 0) is 0 Å². The molecule has 0 amide bonds. The Labute approximate surface area is 87.8 Å². The molecule has 0 aliphatic heterocycles. The summed E-state index contributed by atoms with van der Waals surface area (Å²) >= 11 is 0.0290. The molecule has 0 fully saturated rings. The van der Waals surface area contributed by atoms with E-state index in [-0.39, 0.29) is 22.9 Å². The second kappa shape index (κ2) is 5.85. The van der Waals surface area contributed by atoms with Gasteiger partial charge in [-0.1, -0.05) is 20.8 Å². The zero-order chi connectivity index (χ0) is 11.2. The van der Waals surface area contributed by atoms with Crippen molar-refractivity contribution in [3.8, 4) is 0 Å². The van der Waals surface area contributed by atoms with Crippen molar-refractivity contribution in [1.29, 1.82) is 0 Å². The van der Waals surface area contributed by atoms with Crippen LogP contribution in [0.2, 0.25) is 0 Å². The van der Waals surface area contributed by atoms with Crippen molar-refractivity contribution in [2.45, 2.75) is 32.7 Å². The molecule has 0 spiro atoms. The third-order valence-corrected chi connectivity index (χ3v) is 2.33. The van der Waals surface area contributed by atoms with Crippen LogP contribution in [0.1, 0.15) is 27.2 Å². The molecule has 0 rings (SSSR count). The molecule has 0 heterocycles. The van der Waals surface area contributed by atoms with Gasteiger partial charge in [0, 0.05) is 12.3 Å². The van der Waals surface area contributed by atoms with Crippen molar-refractivity contribution in [3.05, 3.63) is 0 Å². The van der Waals surface area contributed by atoms with Crippen molar-refractivity contribution in [2.75, 3.05) is 18.8 Å². The summed E-state index contributed by atoms with van der Waals surface area (Å²) < 4.78 is 35.1. The molecular formula is C9H18F3NS. The van der Waals surface area contributed by atoms with Crippen molar-refractivity contribution in [1.82, 2.24) is 5.32 Å². The topological polar surface area (TPSA) is 12.0 Å². The zero-order valence-corrected chi connectivity index (χ0v) is 9.69. The first kappa shape index (κ1) is 14.1. The minimum atomic E-state index is -4.09. The van der Waals surface area contributed by atoms with Gasteiger partial charge in [0.1, 0.15) is 0 Å². The first-order chi connectivity index (χ1) is 6.21. The average Bonchev–Trinajstić information content (AvgIpc) is 1.92. The van der Waals surface area contributed by atoms with Gasteiger partial charge in [-0.15, -0.1) is 0 Å². The van der Waals surface area contributed by atoms with Crippen LogP contribution < -0.4 is 5.32 Å². The van der Waals surface area contributed by atoms with E-state index in [0.29, 0.717) is 6.54 Å². The number of hydrogen-bond acceptors (Lipinski definition) is 2. The molecule has 5 heteroatoms. The van der Waals surface area contributed by atoms with Crippen LogP contribution in [0, 0.1) is 5.41 Å². The van der Waals surface area contributed by atoms with Gasteiger partial charge in [-0.05, 0) is 30.1 Å². The highest BCUT2D eigenvalue weighted by Crippen LogP contribution is 2.29. The maximum atomic E-state index is 11.7. The maximum absolute atomic E-state index is 11.7. The van der Waals surface area contributed by atoms with Gasteiger partial charge in [-0.3, -0.25) is 0 Å². The third-order valence-electron chi connectivity index (χ3n) is 1.60. The lowest BCUT2D eigenvalue weighted by molar-refractivity contribution is -0.0327. The Hall–Kier alpha value is 0.100. The largest absolute Gasteiger partial charge is 0.441 e. The van der Waals surface area contributed by atoms with Gasteiger partial charge in [0.25, 0.3) is 0 Å². The van der Waals surface area contributed by atoms with Crippen molar-refractivity contribution >= 4 is 11.8 Å². The summed E-state index contributed by atoms with van der Waals surface area (Å²) in [6.45, 7) is 7.53. The smallest absolute Gasteiger partial charge is 0.316 e. The minimum Gasteiger partial charge on any atom is -0.316 e. The lowest BCUT2D eigenvalue weighted by Crippen LogP contribution is -2.23. The maximum Gasteiger partial charge on any atom is 0.441 e. The first-order valence-corrected chi connectivity index (χ1v) is 5.61. The molecule has 0 saturated heterocycles. The minimum absolute atomic E-state index is 0.0290. The normalized spacial score (nSPS) is 13.3. The molecule has 0 aliphatic rings. The van der Waals surface area contributed by atoms with E-state index in [1.165, 1.54) is 0 Å². The highest BCUT2D eigenvalue weighted by Gasteiger charge is 2.27. The number of nitrogens with one attached hydrogen (secondary N) is 1. The number of thioether (sulfide) groups is 1. The molecular weight excluding hydrogens is 211 g/mol. The van der Waals surface area contributed by atoms with Gasteiger partial charge in [0.15, 0.2) is 0 Å². The predicted octanol–water partition coefficient (Wildman–Crippen LogP) is 3.27. The average molecular weight is 229 g/mol. The molecule has 0 aliphatic carbocycles. The molecule has 86 valence electrons. The predicted molar refractivity (Wildman–Crippen MR) is 55.5 cm³/mol. The van der Waals surface area contributed by atoms with E-state index in [1.54, 1.807) is 0 Å². The number of halogens is 3. The molecule has 1 nitrogen and oxygen atoms in total. The van der Waals surface area contributed by atoms with Gasteiger partial charge in [-0.2, -0.15) is 13.2 Å². The van der Waals surface area contributed by atoms with Crippen molar-refractivity contribution in [3.63, 3.8) is 0 Å². The van der Waals surface area contributed by atoms with Crippen LogP contribution in [0.15, 0.2) is 0 Å². The highest BCUT2D eigenvalue weighted by atomic mass is 32.2. The fourth-order valence-electron chi connectivity index (χ4n) is 0.827. The second-order valence-corrected chi connectivity index (χ2v) is 5.51. The molecule has 0 aromatic rings.